The van der Waals surface area contributed by atoms with Crippen LogP contribution in [0.2, 0.25) is 0 Å². The molecule has 2 aromatic carbocycles. The minimum absolute atomic E-state index is 0.0399. The average molecular weight is 466 g/mol. The van der Waals surface area contributed by atoms with E-state index >= 15 is 0 Å². The summed E-state index contributed by atoms with van der Waals surface area (Å²) in [5.41, 5.74) is 2.34. The van der Waals surface area contributed by atoms with Crippen molar-refractivity contribution in [1.29, 1.82) is 5.26 Å². The van der Waals surface area contributed by atoms with Crippen molar-refractivity contribution >= 4 is 27.4 Å². The Morgan fingerprint density at radius 2 is 2.12 bits per heavy atom. The Labute approximate surface area is 192 Å². The number of nitriles is 1. The zero-order valence-corrected chi connectivity index (χ0v) is 18.8. The number of nitrogens with zero attached hydrogens (tertiary/aromatic N) is 3. The summed E-state index contributed by atoms with van der Waals surface area (Å²) in [4.78, 5) is 20.7. The van der Waals surface area contributed by atoms with E-state index in [0.29, 0.717) is 41.2 Å². The molecule has 0 radical (unpaired) electrons. The van der Waals surface area contributed by atoms with Crippen molar-refractivity contribution < 1.29 is 17.9 Å². The van der Waals surface area contributed by atoms with Gasteiger partial charge in [-0.2, -0.15) is 5.26 Å². The number of imidazole rings is 1. The number of H-pyrrole nitrogens is 1. The quantitative estimate of drug-likeness (QED) is 0.552. The molecular weight excluding hydrogens is 442 g/mol. The van der Waals surface area contributed by atoms with Crippen LogP contribution in [-0.2, 0) is 27.7 Å². The van der Waals surface area contributed by atoms with Gasteiger partial charge in [0.1, 0.15) is 18.2 Å². The van der Waals surface area contributed by atoms with Crippen molar-refractivity contribution in [2.45, 2.75) is 25.8 Å². The number of carbonyl (C=O) groups excluding carboxylic acids is 1. The summed E-state index contributed by atoms with van der Waals surface area (Å²) in [6, 6.07) is 14.3. The Morgan fingerprint density at radius 3 is 2.79 bits per heavy atom. The summed E-state index contributed by atoms with van der Waals surface area (Å²) in [5, 5.41) is 9.52. The minimum atomic E-state index is -3.55. The molecule has 170 valence electrons. The molecule has 0 bridgehead atoms. The van der Waals surface area contributed by atoms with E-state index in [9.17, 15) is 18.5 Å². The number of hydrogen-bond donors (Lipinski definition) is 2. The predicted octanol–water partition coefficient (Wildman–Crippen LogP) is 2.43. The van der Waals surface area contributed by atoms with Crippen LogP contribution in [0.25, 0.3) is 0 Å². The highest BCUT2D eigenvalue weighted by molar-refractivity contribution is 7.89. The maximum atomic E-state index is 12.6. The molecule has 2 N–H and O–H groups in total. The molecule has 0 fully saturated rings. The van der Waals surface area contributed by atoms with Gasteiger partial charge in [-0.15, -0.1) is 0 Å². The van der Waals surface area contributed by atoms with Crippen molar-refractivity contribution in [3.05, 3.63) is 71.7 Å². The van der Waals surface area contributed by atoms with Crippen LogP contribution < -0.4 is 14.4 Å². The van der Waals surface area contributed by atoms with Crippen LogP contribution in [0.4, 0.5) is 11.5 Å². The highest BCUT2D eigenvalue weighted by Crippen LogP contribution is 2.39. The van der Waals surface area contributed by atoms with Gasteiger partial charge in [0.15, 0.2) is 0 Å². The number of amides is 1. The number of anilines is 2. The third kappa shape index (κ3) is 5.22. The van der Waals surface area contributed by atoms with Gasteiger partial charge < -0.3 is 9.72 Å². The standard InChI is InChI=1S/C23H23N5O4S/c1-16(29)28(22-13-25-15-26-22)21-10-18(12-24)9-19-11-20(14-32-23(19)21)27-33(30,31)8-7-17-5-3-2-4-6-17/h2-6,9-10,13,15,20,27H,7-8,11,14H2,1H3,(H,25,26). The lowest BCUT2D eigenvalue weighted by Crippen LogP contribution is -2.44. The summed E-state index contributed by atoms with van der Waals surface area (Å²) in [7, 11) is -3.55. The van der Waals surface area contributed by atoms with Gasteiger partial charge in [-0.3, -0.25) is 9.69 Å². The number of sulfonamides is 1. The SMILES string of the molecule is CC(=O)N(c1cnc[nH]1)c1cc(C#N)cc2c1OCC(NS(=O)(=O)CCc1ccccc1)C2. The van der Waals surface area contributed by atoms with E-state index in [1.54, 1.807) is 12.1 Å². The predicted molar refractivity (Wildman–Crippen MR) is 123 cm³/mol. The van der Waals surface area contributed by atoms with Crippen LogP contribution in [0.1, 0.15) is 23.6 Å². The normalized spacial score (nSPS) is 15.2. The molecule has 1 unspecified atom stereocenters. The zero-order chi connectivity index (χ0) is 23.4. The van der Waals surface area contributed by atoms with Gasteiger partial charge in [-0.25, -0.2) is 18.1 Å². The summed E-state index contributed by atoms with van der Waals surface area (Å²) in [6.45, 7) is 1.50. The van der Waals surface area contributed by atoms with Gasteiger partial charge in [0.25, 0.3) is 0 Å². The molecule has 4 rings (SSSR count). The molecule has 1 aliphatic heterocycles. The fraction of sp³-hybridized carbons (Fsp3) is 0.261. The van der Waals surface area contributed by atoms with Crippen LogP contribution in [-0.4, -0.2) is 42.7 Å². The third-order valence-corrected chi connectivity index (χ3v) is 6.73. The van der Waals surface area contributed by atoms with E-state index in [1.165, 1.54) is 24.3 Å². The highest BCUT2D eigenvalue weighted by atomic mass is 32.2. The molecule has 0 saturated carbocycles. The minimum Gasteiger partial charge on any atom is -0.489 e. The van der Waals surface area contributed by atoms with Gasteiger partial charge >= 0.3 is 0 Å². The Hall–Kier alpha value is -3.68. The lowest BCUT2D eigenvalue weighted by molar-refractivity contribution is -0.115. The first-order valence-electron chi connectivity index (χ1n) is 10.4. The number of carbonyl (C=O) groups is 1. The molecule has 1 atom stereocenters. The van der Waals surface area contributed by atoms with Gasteiger partial charge in [-0.1, -0.05) is 30.3 Å². The van der Waals surface area contributed by atoms with Crippen molar-refractivity contribution in [1.82, 2.24) is 14.7 Å². The number of aromatic amines is 1. The van der Waals surface area contributed by atoms with Crippen molar-refractivity contribution in [2.75, 3.05) is 17.3 Å². The smallest absolute Gasteiger partial charge is 0.229 e. The van der Waals surface area contributed by atoms with Gasteiger partial charge in [0.05, 0.1) is 41.6 Å². The Bertz CT molecular complexity index is 1280. The Morgan fingerprint density at radius 1 is 1.33 bits per heavy atom. The molecule has 9 nitrogen and oxygen atoms in total. The Kier molecular flexibility index (Phi) is 6.44. The second kappa shape index (κ2) is 9.44. The lowest BCUT2D eigenvalue weighted by Gasteiger charge is -2.30. The molecule has 1 amide bonds. The number of nitrogens with one attached hydrogen (secondary N) is 2. The molecule has 3 aromatic rings. The number of ether oxygens (including phenoxy) is 1. The first-order valence-corrected chi connectivity index (χ1v) is 12.0. The largest absolute Gasteiger partial charge is 0.489 e. The second-order valence-corrected chi connectivity index (χ2v) is 9.64. The summed E-state index contributed by atoms with van der Waals surface area (Å²) in [5.74, 6) is 0.552. The van der Waals surface area contributed by atoms with Crippen LogP contribution in [0.3, 0.4) is 0 Å². The number of aromatic nitrogens is 2. The zero-order valence-electron chi connectivity index (χ0n) is 18.0. The Balaban J connectivity index is 1.56. The molecule has 10 heteroatoms. The maximum absolute atomic E-state index is 12.6. The fourth-order valence-electron chi connectivity index (χ4n) is 3.85. The molecule has 0 saturated heterocycles. The van der Waals surface area contributed by atoms with Crippen LogP contribution in [0.15, 0.2) is 55.0 Å². The van der Waals surface area contributed by atoms with E-state index in [-0.39, 0.29) is 18.3 Å². The molecule has 1 aliphatic rings. The highest BCUT2D eigenvalue weighted by Gasteiger charge is 2.30. The van der Waals surface area contributed by atoms with E-state index in [1.807, 2.05) is 30.3 Å². The van der Waals surface area contributed by atoms with E-state index in [4.69, 9.17) is 4.74 Å². The molecule has 33 heavy (non-hydrogen) atoms. The summed E-state index contributed by atoms with van der Waals surface area (Å²) < 4.78 is 33.9. The fourth-order valence-corrected chi connectivity index (χ4v) is 5.14. The summed E-state index contributed by atoms with van der Waals surface area (Å²) in [6.07, 6.45) is 3.68. The van der Waals surface area contributed by atoms with E-state index in [2.05, 4.69) is 20.8 Å². The van der Waals surface area contributed by atoms with Crippen molar-refractivity contribution in [2.24, 2.45) is 0 Å². The lowest BCUT2D eigenvalue weighted by atomic mass is 9.99. The van der Waals surface area contributed by atoms with E-state index < -0.39 is 16.1 Å². The number of aryl methyl sites for hydroxylation is 1. The van der Waals surface area contributed by atoms with Crippen LogP contribution >= 0.6 is 0 Å². The van der Waals surface area contributed by atoms with Crippen LogP contribution in [0.5, 0.6) is 5.75 Å². The molecule has 0 aliphatic carbocycles. The maximum Gasteiger partial charge on any atom is 0.229 e. The molecule has 0 spiro atoms. The van der Waals surface area contributed by atoms with E-state index in [0.717, 1.165) is 5.56 Å². The molecular formula is C23H23N5O4S. The summed E-state index contributed by atoms with van der Waals surface area (Å²) >= 11 is 0. The molecule has 2 heterocycles. The number of hydrogen-bond acceptors (Lipinski definition) is 6. The van der Waals surface area contributed by atoms with Crippen LogP contribution in [0, 0.1) is 11.3 Å². The number of benzene rings is 2. The second-order valence-electron chi connectivity index (χ2n) is 7.77. The first-order chi connectivity index (χ1) is 15.9. The molecule has 1 aromatic heterocycles. The third-order valence-electron chi connectivity index (χ3n) is 5.30. The first kappa shape index (κ1) is 22.5. The van der Waals surface area contributed by atoms with Crippen molar-refractivity contribution in [3.63, 3.8) is 0 Å². The van der Waals surface area contributed by atoms with Gasteiger partial charge in [0.2, 0.25) is 15.9 Å². The van der Waals surface area contributed by atoms with Crippen molar-refractivity contribution in [3.8, 4) is 11.8 Å². The topological polar surface area (TPSA) is 128 Å². The average Bonchev–Trinajstić information content (AvgIpc) is 3.32. The number of fused-ring (bicyclic) bond motifs is 1. The van der Waals surface area contributed by atoms with Gasteiger partial charge in [-0.05, 0) is 36.1 Å². The number of rotatable bonds is 7. The van der Waals surface area contributed by atoms with Gasteiger partial charge in [0, 0.05) is 6.92 Å². The monoisotopic (exact) mass is 465 g/mol.